The summed E-state index contributed by atoms with van der Waals surface area (Å²) in [5.74, 6) is -1.79. The third-order valence-corrected chi connectivity index (χ3v) is 3.25. The van der Waals surface area contributed by atoms with E-state index in [9.17, 15) is 18.8 Å². The molecule has 1 aromatic rings. The van der Waals surface area contributed by atoms with Gasteiger partial charge in [-0.25, -0.2) is 9.18 Å². The molecule has 0 bridgehead atoms. The number of halogens is 1. The van der Waals surface area contributed by atoms with Gasteiger partial charge in [0.05, 0.1) is 5.69 Å². The monoisotopic (exact) mass is 353 g/mol. The predicted molar refractivity (Wildman–Crippen MR) is 86.4 cm³/mol. The highest BCUT2D eigenvalue weighted by molar-refractivity contribution is 5.98. The normalized spacial score (nSPS) is 17.6. The molecule has 0 aliphatic carbocycles. The zero-order valence-corrected chi connectivity index (χ0v) is 14.1. The first kappa shape index (κ1) is 18.5. The summed E-state index contributed by atoms with van der Waals surface area (Å²) >= 11 is 0. The maximum Gasteiger partial charge on any atom is 0.408 e. The molecule has 136 valence electrons. The molecule has 1 unspecified atom stereocenters. The Labute approximate surface area is 143 Å². The molecule has 0 radical (unpaired) electrons. The zero-order chi connectivity index (χ0) is 18.8. The fourth-order valence-electron chi connectivity index (χ4n) is 2.18. The summed E-state index contributed by atoms with van der Waals surface area (Å²) in [5.41, 5.74) is 4.83. The van der Waals surface area contributed by atoms with Gasteiger partial charge in [0.1, 0.15) is 23.2 Å². The average Bonchev–Trinajstić information content (AvgIpc) is 2.45. The molecule has 1 aromatic carbocycles. The van der Waals surface area contributed by atoms with E-state index >= 15 is 0 Å². The minimum atomic E-state index is -1.19. The van der Waals surface area contributed by atoms with Crippen molar-refractivity contribution in [2.45, 2.75) is 44.9 Å². The Morgan fingerprint density at radius 2 is 2.12 bits per heavy atom. The minimum absolute atomic E-state index is 0.130. The van der Waals surface area contributed by atoms with Crippen LogP contribution >= 0.6 is 0 Å². The molecule has 3 amide bonds. The Hall–Kier alpha value is -2.84. The van der Waals surface area contributed by atoms with Gasteiger partial charge in [0, 0.05) is 12.5 Å². The topological polar surface area (TPSA) is 120 Å². The molecule has 0 spiro atoms. The van der Waals surface area contributed by atoms with Crippen molar-refractivity contribution < 1.29 is 28.2 Å². The van der Waals surface area contributed by atoms with Crippen LogP contribution < -0.4 is 21.1 Å². The van der Waals surface area contributed by atoms with Gasteiger partial charge in [-0.1, -0.05) is 0 Å². The maximum atomic E-state index is 13.3. The molecule has 1 aliphatic heterocycles. The molecule has 1 heterocycles. The van der Waals surface area contributed by atoms with Crippen molar-refractivity contribution >= 4 is 23.6 Å². The highest BCUT2D eigenvalue weighted by Gasteiger charge is 2.33. The molecule has 2 atom stereocenters. The summed E-state index contributed by atoms with van der Waals surface area (Å²) < 4.78 is 23.8. The molecule has 0 saturated heterocycles. The van der Waals surface area contributed by atoms with E-state index in [0.29, 0.717) is 5.69 Å². The number of alkyl carbamates (subject to hydrolysis) is 1. The van der Waals surface area contributed by atoms with E-state index in [1.165, 1.54) is 12.1 Å². The van der Waals surface area contributed by atoms with E-state index in [-0.39, 0.29) is 12.2 Å². The lowest BCUT2D eigenvalue weighted by Gasteiger charge is -2.28. The molecular weight excluding hydrogens is 333 g/mol. The number of amides is 3. The lowest BCUT2D eigenvalue weighted by atomic mass is 10.1. The number of nitrogens with one attached hydrogen (secondary N) is 2. The zero-order valence-electron chi connectivity index (χ0n) is 14.1. The van der Waals surface area contributed by atoms with Gasteiger partial charge in [0.25, 0.3) is 5.91 Å². The number of ether oxygens (including phenoxy) is 2. The van der Waals surface area contributed by atoms with Crippen LogP contribution in [0.25, 0.3) is 0 Å². The first-order chi connectivity index (χ1) is 11.5. The van der Waals surface area contributed by atoms with Crippen LogP contribution in [0.4, 0.5) is 14.9 Å². The number of nitrogens with two attached hydrogens (primary N) is 1. The Morgan fingerprint density at radius 1 is 1.44 bits per heavy atom. The van der Waals surface area contributed by atoms with Crippen LogP contribution in [0.5, 0.6) is 5.75 Å². The summed E-state index contributed by atoms with van der Waals surface area (Å²) in [5, 5.41) is 4.85. The summed E-state index contributed by atoms with van der Waals surface area (Å²) in [6.07, 6.45) is -2.20. The SMILES string of the molecule is CC(C)(C)OC(=O)NC(C[C@@H]1Oc2cc(F)ccc2NC1=O)C(N)=O. The number of carbonyl (C=O) groups is 3. The molecule has 9 heteroatoms. The summed E-state index contributed by atoms with van der Waals surface area (Å²) in [6, 6.07) is 2.46. The molecule has 2 rings (SSSR count). The maximum absolute atomic E-state index is 13.3. The summed E-state index contributed by atoms with van der Waals surface area (Å²) in [7, 11) is 0. The Morgan fingerprint density at radius 3 is 2.72 bits per heavy atom. The van der Waals surface area contributed by atoms with Crippen LogP contribution in [-0.2, 0) is 14.3 Å². The number of hydrogen-bond acceptors (Lipinski definition) is 5. The Bertz CT molecular complexity index is 702. The quantitative estimate of drug-likeness (QED) is 0.753. The van der Waals surface area contributed by atoms with Gasteiger partial charge < -0.3 is 25.8 Å². The minimum Gasteiger partial charge on any atom is -0.478 e. The van der Waals surface area contributed by atoms with E-state index in [1.807, 2.05) is 0 Å². The van der Waals surface area contributed by atoms with Gasteiger partial charge in [0.15, 0.2) is 6.10 Å². The number of hydrogen-bond donors (Lipinski definition) is 3. The molecule has 8 nitrogen and oxygen atoms in total. The van der Waals surface area contributed by atoms with E-state index in [4.69, 9.17) is 15.2 Å². The lowest BCUT2D eigenvalue weighted by Crippen LogP contribution is -2.50. The number of primary amides is 1. The highest BCUT2D eigenvalue weighted by Crippen LogP contribution is 2.31. The second-order valence-electron chi connectivity index (χ2n) is 6.57. The number of anilines is 1. The average molecular weight is 353 g/mol. The number of fused-ring (bicyclic) bond motifs is 1. The standard InChI is InChI=1S/C16H20FN3O5/c1-16(2,3)25-15(23)20-10(13(18)21)7-12-14(22)19-9-5-4-8(17)6-11(9)24-12/h4-6,10,12H,7H2,1-3H3,(H2,18,21)(H,19,22)(H,20,23)/t10?,12-/m0/s1. The van der Waals surface area contributed by atoms with E-state index in [1.54, 1.807) is 20.8 Å². The van der Waals surface area contributed by atoms with Crippen LogP contribution in [0.1, 0.15) is 27.2 Å². The third-order valence-electron chi connectivity index (χ3n) is 3.25. The number of benzene rings is 1. The molecule has 4 N–H and O–H groups in total. The van der Waals surface area contributed by atoms with Crippen LogP contribution in [0.2, 0.25) is 0 Å². The van der Waals surface area contributed by atoms with Crippen LogP contribution in [0.15, 0.2) is 18.2 Å². The van der Waals surface area contributed by atoms with Crippen molar-refractivity contribution in [1.29, 1.82) is 0 Å². The molecule has 25 heavy (non-hydrogen) atoms. The molecule has 0 aromatic heterocycles. The molecule has 0 fully saturated rings. The van der Waals surface area contributed by atoms with Crippen molar-refractivity contribution in [2.24, 2.45) is 5.73 Å². The van der Waals surface area contributed by atoms with Crippen LogP contribution in [0.3, 0.4) is 0 Å². The van der Waals surface area contributed by atoms with Gasteiger partial charge in [-0.3, -0.25) is 9.59 Å². The second-order valence-corrected chi connectivity index (χ2v) is 6.57. The first-order valence-corrected chi connectivity index (χ1v) is 7.61. The van der Waals surface area contributed by atoms with E-state index in [2.05, 4.69) is 10.6 Å². The molecule has 1 aliphatic rings. The van der Waals surface area contributed by atoms with Gasteiger partial charge >= 0.3 is 6.09 Å². The second kappa shape index (κ2) is 6.96. The number of carbonyl (C=O) groups excluding carboxylic acids is 3. The largest absolute Gasteiger partial charge is 0.478 e. The molecule has 0 saturated carbocycles. The fraction of sp³-hybridized carbons (Fsp3) is 0.438. The van der Waals surface area contributed by atoms with Gasteiger partial charge in [-0.2, -0.15) is 0 Å². The van der Waals surface area contributed by atoms with Crippen LogP contribution in [-0.4, -0.2) is 35.7 Å². The van der Waals surface area contributed by atoms with Gasteiger partial charge in [0.2, 0.25) is 5.91 Å². The Balaban J connectivity index is 2.08. The smallest absolute Gasteiger partial charge is 0.408 e. The van der Waals surface area contributed by atoms with Crippen LogP contribution in [0, 0.1) is 5.82 Å². The van der Waals surface area contributed by atoms with E-state index in [0.717, 1.165) is 6.07 Å². The van der Waals surface area contributed by atoms with Gasteiger partial charge in [-0.05, 0) is 32.9 Å². The summed E-state index contributed by atoms with van der Waals surface area (Å²) in [6.45, 7) is 4.99. The fourth-order valence-corrected chi connectivity index (χ4v) is 2.18. The predicted octanol–water partition coefficient (Wildman–Crippen LogP) is 1.29. The third kappa shape index (κ3) is 5.07. The Kier molecular flexibility index (Phi) is 5.15. The van der Waals surface area contributed by atoms with Crippen molar-refractivity contribution in [3.05, 3.63) is 24.0 Å². The number of rotatable bonds is 4. The lowest BCUT2D eigenvalue weighted by molar-refractivity contribution is -0.125. The van der Waals surface area contributed by atoms with Crippen molar-refractivity contribution in [3.63, 3.8) is 0 Å². The highest BCUT2D eigenvalue weighted by atomic mass is 19.1. The summed E-state index contributed by atoms with van der Waals surface area (Å²) in [4.78, 5) is 35.5. The molecular formula is C16H20FN3O5. The van der Waals surface area contributed by atoms with Crippen molar-refractivity contribution in [3.8, 4) is 5.75 Å². The van der Waals surface area contributed by atoms with Crippen molar-refractivity contribution in [1.82, 2.24) is 5.32 Å². The van der Waals surface area contributed by atoms with Crippen molar-refractivity contribution in [2.75, 3.05) is 5.32 Å². The van der Waals surface area contributed by atoms with E-state index < -0.39 is 41.5 Å². The van der Waals surface area contributed by atoms with Gasteiger partial charge in [-0.15, -0.1) is 0 Å². The first-order valence-electron chi connectivity index (χ1n) is 7.61.